The molecule has 1 nitrogen and oxygen atoms in total. The Hall–Kier alpha value is -0.820. The molecule has 13 heavy (non-hydrogen) atoms. The largest absolute Gasteiger partial charge is 0.327 e. The summed E-state index contributed by atoms with van der Waals surface area (Å²) in [5.74, 6) is 0. The van der Waals surface area contributed by atoms with Gasteiger partial charge < -0.3 is 5.73 Å². The Balaban J connectivity index is 2.19. The van der Waals surface area contributed by atoms with Gasteiger partial charge in [0.1, 0.15) is 0 Å². The van der Waals surface area contributed by atoms with Gasteiger partial charge in [-0.1, -0.05) is 23.8 Å². The van der Waals surface area contributed by atoms with E-state index < -0.39 is 0 Å². The van der Waals surface area contributed by atoms with Crippen LogP contribution in [-0.4, -0.2) is 6.04 Å². The summed E-state index contributed by atoms with van der Waals surface area (Å²) < 4.78 is 0. The topological polar surface area (TPSA) is 26.0 Å². The molecule has 2 aliphatic rings. The predicted molar refractivity (Wildman–Crippen MR) is 53.8 cm³/mol. The van der Waals surface area contributed by atoms with Gasteiger partial charge in [0.05, 0.1) is 0 Å². The predicted octanol–water partition coefficient (Wildman–Crippen LogP) is 1.91. The highest BCUT2D eigenvalue weighted by Crippen LogP contribution is 2.56. The van der Waals surface area contributed by atoms with Crippen molar-refractivity contribution >= 4 is 0 Å². The summed E-state index contributed by atoms with van der Waals surface area (Å²) in [7, 11) is 0. The minimum atomic E-state index is 0.393. The quantitative estimate of drug-likeness (QED) is 0.637. The summed E-state index contributed by atoms with van der Waals surface area (Å²) in [6.07, 6.45) is 3.71. The van der Waals surface area contributed by atoms with Gasteiger partial charge in [0, 0.05) is 11.5 Å². The molecule has 1 atom stereocenters. The molecular formula is C12H15N. The summed E-state index contributed by atoms with van der Waals surface area (Å²) >= 11 is 0. The van der Waals surface area contributed by atoms with Gasteiger partial charge in [0.2, 0.25) is 0 Å². The average Bonchev–Trinajstić information content (AvgIpc) is 2.83. The lowest BCUT2D eigenvalue weighted by Gasteiger charge is -2.14. The summed E-state index contributed by atoms with van der Waals surface area (Å²) in [5.41, 5.74) is 11.0. The van der Waals surface area contributed by atoms with Crippen LogP contribution in [0.25, 0.3) is 0 Å². The fourth-order valence-corrected chi connectivity index (χ4v) is 2.74. The lowest BCUT2D eigenvalue weighted by molar-refractivity contribution is 0.563. The van der Waals surface area contributed by atoms with Gasteiger partial charge in [-0.2, -0.15) is 0 Å². The highest BCUT2D eigenvalue weighted by Gasteiger charge is 2.53. The Kier molecular flexibility index (Phi) is 1.26. The van der Waals surface area contributed by atoms with Gasteiger partial charge in [-0.25, -0.2) is 0 Å². The highest BCUT2D eigenvalue weighted by molar-refractivity contribution is 5.48. The molecule has 2 N–H and O–H groups in total. The maximum atomic E-state index is 6.18. The van der Waals surface area contributed by atoms with E-state index in [4.69, 9.17) is 5.73 Å². The Morgan fingerprint density at radius 2 is 2.15 bits per heavy atom. The van der Waals surface area contributed by atoms with Crippen LogP contribution >= 0.6 is 0 Å². The molecule has 1 unspecified atom stereocenters. The fraction of sp³-hybridized carbons (Fsp3) is 0.500. The number of nitrogens with two attached hydrogens (primary N) is 1. The Morgan fingerprint density at radius 3 is 2.85 bits per heavy atom. The van der Waals surface area contributed by atoms with E-state index in [-0.39, 0.29) is 0 Å². The van der Waals surface area contributed by atoms with Crippen LogP contribution in [0.1, 0.15) is 29.5 Å². The summed E-state index contributed by atoms with van der Waals surface area (Å²) in [5, 5.41) is 0. The van der Waals surface area contributed by atoms with Crippen LogP contribution in [0, 0.1) is 6.92 Å². The van der Waals surface area contributed by atoms with Gasteiger partial charge in [-0.3, -0.25) is 0 Å². The summed E-state index contributed by atoms with van der Waals surface area (Å²) in [6, 6.07) is 7.20. The molecule has 2 aliphatic carbocycles. The second-order valence-electron chi connectivity index (χ2n) is 4.63. The molecule has 68 valence electrons. The zero-order valence-corrected chi connectivity index (χ0v) is 8.01. The lowest BCUT2D eigenvalue weighted by Crippen LogP contribution is -2.30. The van der Waals surface area contributed by atoms with Crippen molar-refractivity contribution in [1.29, 1.82) is 0 Å². The van der Waals surface area contributed by atoms with E-state index >= 15 is 0 Å². The first-order chi connectivity index (χ1) is 6.22. The van der Waals surface area contributed by atoms with Crippen molar-refractivity contribution < 1.29 is 0 Å². The van der Waals surface area contributed by atoms with Crippen molar-refractivity contribution in [3.05, 3.63) is 34.9 Å². The van der Waals surface area contributed by atoms with Crippen LogP contribution in [0.2, 0.25) is 0 Å². The first-order valence-corrected chi connectivity index (χ1v) is 5.08. The van der Waals surface area contributed by atoms with Gasteiger partial charge in [0.25, 0.3) is 0 Å². The Labute approximate surface area is 78.9 Å². The standard InChI is InChI=1S/C12H15N/c1-8-2-3-9-7-11(13)12(4-5-12)10(9)6-8/h2-3,6,11H,4-5,7,13H2,1H3. The highest BCUT2D eigenvalue weighted by atomic mass is 14.8. The van der Waals surface area contributed by atoms with Crippen molar-refractivity contribution in [2.24, 2.45) is 5.73 Å². The number of aryl methyl sites for hydroxylation is 1. The maximum Gasteiger partial charge on any atom is 0.0177 e. The molecule has 0 saturated heterocycles. The minimum absolute atomic E-state index is 0.393. The second kappa shape index (κ2) is 2.16. The van der Waals surface area contributed by atoms with E-state index in [1.54, 1.807) is 5.56 Å². The van der Waals surface area contributed by atoms with E-state index in [0.717, 1.165) is 6.42 Å². The van der Waals surface area contributed by atoms with Gasteiger partial charge in [-0.15, -0.1) is 0 Å². The minimum Gasteiger partial charge on any atom is -0.327 e. The number of hydrogen-bond donors (Lipinski definition) is 1. The number of benzene rings is 1. The number of rotatable bonds is 0. The van der Waals surface area contributed by atoms with Crippen LogP contribution in [0.15, 0.2) is 18.2 Å². The normalized spacial score (nSPS) is 27.7. The lowest BCUT2D eigenvalue weighted by atomic mass is 9.94. The van der Waals surface area contributed by atoms with Crippen LogP contribution in [0.5, 0.6) is 0 Å². The van der Waals surface area contributed by atoms with Crippen LogP contribution < -0.4 is 5.73 Å². The van der Waals surface area contributed by atoms with Crippen LogP contribution in [0.4, 0.5) is 0 Å². The van der Waals surface area contributed by atoms with E-state index in [2.05, 4.69) is 25.1 Å². The van der Waals surface area contributed by atoms with Gasteiger partial charge >= 0.3 is 0 Å². The van der Waals surface area contributed by atoms with Crippen molar-refractivity contribution in [3.8, 4) is 0 Å². The average molecular weight is 173 g/mol. The molecule has 1 aromatic carbocycles. The molecule has 1 aromatic rings. The SMILES string of the molecule is Cc1ccc2c(c1)C1(CC1)C(N)C2. The molecule has 0 aliphatic heterocycles. The molecule has 0 radical (unpaired) electrons. The van der Waals surface area contributed by atoms with Gasteiger partial charge in [-0.05, 0) is 37.3 Å². The van der Waals surface area contributed by atoms with Crippen molar-refractivity contribution in [3.63, 3.8) is 0 Å². The van der Waals surface area contributed by atoms with Crippen molar-refractivity contribution in [1.82, 2.24) is 0 Å². The zero-order valence-electron chi connectivity index (χ0n) is 8.01. The Bertz CT molecular complexity index is 363. The second-order valence-corrected chi connectivity index (χ2v) is 4.63. The first kappa shape index (κ1) is 7.57. The van der Waals surface area contributed by atoms with Crippen LogP contribution in [-0.2, 0) is 11.8 Å². The van der Waals surface area contributed by atoms with Crippen molar-refractivity contribution in [2.45, 2.75) is 37.6 Å². The third-order valence-corrected chi connectivity index (χ3v) is 3.74. The van der Waals surface area contributed by atoms with E-state index in [1.807, 2.05) is 0 Å². The van der Waals surface area contributed by atoms with E-state index in [0.29, 0.717) is 11.5 Å². The summed E-state index contributed by atoms with van der Waals surface area (Å²) in [6.45, 7) is 2.17. The molecule has 0 amide bonds. The molecule has 1 saturated carbocycles. The summed E-state index contributed by atoms with van der Waals surface area (Å²) in [4.78, 5) is 0. The first-order valence-electron chi connectivity index (χ1n) is 5.08. The molecule has 0 bridgehead atoms. The number of fused-ring (bicyclic) bond motifs is 2. The monoisotopic (exact) mass is 173 g/mol. The molecule has 1 heteroatoms. The zero-order chi connectivity index (χ0) is 9.05. The smallest absolute Gasteiger partial charge is 0.0177 e. The molecular weight excluding hydrogens is 158 g/mol. The Morgan fingerprint density at radius 1 is 1.38 bits per heavy atom. The third kappa shape index (κ3) is 0.856. The van der Waals surface area contributed by atoms with Crippen LogP contribution in [0.3, 0.4) is 0 Å². The van der Waals surface area contributed by atoms with E-state index in [9.17, 15) is 0 Å². The molecule has 1 spiro atoms. The molecule has 0 aromatic heterocycles. The molecule has 3 rings (SSSR count). The fourth-order valence-electron chi connectivity index (χ4n) is 2.74. The maximum absolute atomic E-state index is 6.18. The molecule has 0 heterocycles. The van der Waals surface area contributed by atoms with Crippen molar-refractivity contribution in [2.75, 3.05) is 0 Å². The van der Waals surface area contributed by atoms with Gasteiger partial charge in [0.15, 0.2) is 0 Å². The molecule has 1 fully saturated rings. The third-order valence-electron chi connectivity index (χ3n) is 3.74. The number of hydrogen-bond acceptors (Lipinski definition) is 1. The van der Waals surface area contributed by atoms with E-state index in [1.165, 1.54) is 24.0 Å².